The first-order chi connectivity index (χ1) is 10.7. The maximum Gasteiger partial charge on any atom is 0.284 e. The zero-order valence-electron chi connectivity index (χ0n) is 13.5. The summed E-state index contributed by atoms with van der Waals surface area (Å²) in [6.45, 7) is 7.63. The van der Waals surface area contributed by atoms with Gasteiger partial charge < -0.3 is 5.32 Å². The first-order valence-electron chi connectivity index (χ1n) is 7.36. The number of halogens is 1. The third-order valence-electron chi connectivity index (χ3n) is 3.25. The first kappa shape index (κ1) is 17.9. The monoisotopic (exact) mass is 356 g/mol. The summed E-state index contributed by atoms with van der Waals surface area (Å²) in [5.74, 6) is 0.369. The minimum absolute atomic E-state index is 0.0708. The van der Waals surface area contributed by atoms with Crippen LogP contribution in [-0.4, -0.2) is 45.1 Å². The average Bonchev–Trinajstić information content (AvgIpc) is 2.83. The van der Waals surface area contributed by atoms with Crippen LogP contribution < -0.4 is 5.32 Å². The number of hydrogen-bond donors (Lipinski definition) is 1. The second-order valence-corrected chi connectivity index (χ2v) is 8.05. The lowest BCUT2D eigenvalue weighted by atomic mass is 9.97. The Morgan fingerprint density at radius 3 is 2.78 bits per heavy atom. The van der Waals surface area contributed by atoms with Gasteiger partial charge in [-0.2, -0.15) is 13.5 Å². The molecule has 0 saturated heterocycles. The summed E-state index contributed by atoms with van der Waals surface area (Å²) >= 11 is 5.88. The number of nitrogens with zero attached hydrogens (tertiary/aromatic N) is 3. The van der Waals surface area contributed by atoms with E-state index in [1.165, 1.54) is 12.1 Å². The van der Waals surface area contributed by atoms with Crippen LogP contribution in [0.3, 0.4) is 0 Å². The Labute approximate surface area is 142 Å². The molecule has 1 aromatic rings. The second-order valence-electron chi connectivity index (χ2n) is 6.01. The number of amidine groups is 1. The summed E-state index contributed by atoms with van der Waals surface area (Å²) < 4.78 is 29.0. The molecule has 0 radical (unpaired) electrons. The van der Waals surface area contributed by atoms with Gasteiger partial charge >= 0.3 is 0 Å². The molecule has 0 aromatic heterocycles. The van der Waals surface area contributed by atoms with Crippen molar-refractivity contribution in [3.05, 3.63) is 29.3 Å². The van der Waals surface area contributed by atoms with Crippen LogP contribution in [0.5, 0.6) is 0 Å². The summed E-state index contributed by atoms with van der Waals surface area (Å²) in [6.07, 6.45) is 1.81. The number of rotatable bonds is 5. The molecular formula is C15H21ClN4O2S. The molecule has 126 valence electrons. The van der Waals surface area contributed by atoms with E-state index in [-0.39, 0.29) is 10.3 Å². The van der Waals surface area contributed by atoms with Crippen molar-refractivity contribution in [1.82, 2.24) is 10.3 Å². The number of sulfonamides is 1. The van der Waals surface area contributed by atoms with Crippen LogP contribution in [0.25, 0.3) is 0 Å². The summed E-state index contributed by atoms with van der Waals surface area (Å²) in [7, 11) is -3.84. The van der Waals surface area contributed by atoms with Gasteiger partial charge in [0.1, 0.15) is 0 Å². The summed E-state index contributed by atoms with van der Waals surface area (Å²) in [6, 6.07) is 6.08. The van der Waals surface area contributed by atoms with Gasteiger partial charge in [0.15, 0.2) is 5.84 Å². The molecule has 0 saturated carbocycles. The molecule has 2 rings (SSSR count). The van der Waals surface area contributed by atoms with E-state index in [9.17, 15) is 8.42 Å². The molecule has 0 atom stereocenters. The number of hydrazone groups is 1. The van der Waals surface area contributed by atoms with E-state index in [1.54, 1.807) is 23.4 Å². The van der Waals surface area contributed by atoms with Crippen LogP contribution >= 0.6 is 11.6 Å². The zero-order valence-corrected chi connectivity index (χ0v) is 15.0. The van der Waals surface area contributed by atoms with Gasteiger partial charge in [0.25, 0.3) is 10.0 Å². The lowest BCUT2D eigenvalue weighted by Crippen LogP contribution is -2.37. The standard InChI is InChI=1S/C15H21ClN4O2S/c1-4-17-9-14(20-11-15(2,3)10-18-20)19-23(21,22)13-7-5-6-12(16)8-13/h5-8,10,17H,4,9,11H2,1-3H3/b19-14+. The van der Waals surface area contributed by atoms with Gasteiger partial charge in [-0.25, -0.2) is 5.01 Å². The molecule has 1 N–H and O–H groups in total. The predicted molar refractivity (Wildman–Crippen MR) is 93.6 cm³/mol. The number of hydrogen-bond acceptors (Lipinski definition) is 4. The fourth-order valence-electron chi connectivity index (χ4n) is 2.08. The van der Waals surface area contributed by atoms with Crippen LogP contribution in [0.1, 0.15) is 20.8 Å². The van der Waals surface area contributed by atoms with Crippen molar-refractivity contribution in [3.8, 4) is 0 Å². The van der Waals surface area contributed by atoms with E-state index < -0.39 is 10.0 Å². The molecule has 1 aliphatic heterocycles. The number of benzene rings is 1. The molecule has 23 heavy (non-hydrogen) atoms. The van der Waals surface area contributed by atoms with E-state index in [2.05, 4.69) is 14.8 Å². The molecule has 0 unspecified atom stereocenters. The number of nitrogens with one attached hydrogen (secondary N) is 1. The maximum atomic E-state index is 12.5. The molecule has 1 aromatic carbocycles. The Kier molecular flexibility index (Phi) is 5.44. The highest BCUT2D eigenvalue weighted by molar-refractivity contribution is 7.90. The van der Waals surface area contributed by atoms with Crippen LogP contribution in [0.4, 0.5) is 0 Å². The molecule has 8 heteroatoms. The number of likely N-dealkylation sites (N-methyl/N-ethyl adjacent to an activating group) is 1. The summed E-state index contributed by atoms with van der Waals surface area (Å²) in [5, 5.41) is 9.37. The Hall–Kier alpha value is -1.44. The highest BCUT2D eigenvalue weighted by Gasteiger charge is 2.29. The predicted octanol–water partition coefficient (Wildman–Crippen LogP) is 2.36. The van der Waals surface area contributed by atoms with Gasteiger partial charge in [-0.1, -0.05) is 38.4 Å². The minimum atomic E-state index is -3.84. The Morgan fingerprint density at radius 1 is 1.48 bits per heavy atom. The van der Waals surface area contributed by atoms with E-state index in [4.69, 9.17) is 11.6 Å². The van der Waals surface area contributed by atoms with Crippen molar-refractivity contribution < 1.29 is 8.42 Å². The molecule has 0 bridgehead atoms. The van der Waals surface area contributed by atoms with E-state index >= 15 is 0 Å². The lowest BCUT2D eigenvalue weighted by Gasteiger charge is -2.21. The molecule has 0 amide bonds. The summed E-state index contributed by atoms with van der Waals surface area (Å²) in [5.41, 5.74) is -0.118. The van der Waals surface area contributed by atoms with Gasteiger partial charge in [0.05, 0.1) is 18.0 Å². The minimum Gasteiger partial charge on any atom is -0.310 e. The average molecular weight is 357 g/mol. The van der Waals surface area contributed by atoms with E-state index in [1.807, 2.05) is 20.8 Å². The van der Waals surface area contributed by atoms with E-state index in [0.717, 1.165) is 0 Å². The lowest BCUT2D eigenvalue weighted by molar-refractivity contribution is 0.380. The molecule has 1 heterocycles. The van der Waals surface area contributed by atoms with Crippen molar-refractivity contribution in [1.29, 1.82) is 0 Å². The third kappa shape index (κ3) is 4.76. The maximum absolute atomic E-state index is 12.5. The smallest absolute Gasteiger partial charge is 0.284 e. The van der Waals surface area contributed by atoms with Crippen LogP contribution in [0.2, 0.25) is 5.02 Å². The molecule has 6 nitrogen and oxygen atoms in total. The fraction of sp³-hybridized carbons (Fsp3) is 0.467. The van der Waals surface area contributed by atoms with Crippen LogP contribution in [-0.2, 0) is 10.0 Å². The molecule has 1 aliphatic rings. The van der Waals surface area contributed by atoms with Crippen LogP contribution in [0, 0.1) is 5.41 Å². The normalized spacial score (nSPS) is 17.7. The fourth-order valence-corrected chi connectivity index (χ4v) is 3.40. The van der Waals surface area contributed by atoms with Crippen molar-refractivity contribution in [2.75, 3.05) is 19.6 Å². The Morgan fingerprint density at radius 2 is 2.22 bits per heavy atom. The molecular weight excluding hydrogens is 336 g/mol. The molecule has 0 aliphatic carbocycles. The topological polar surface area (TPSA) is 74.1 Å². The van der Waals surface area contributed by atoms with Crippen LogP contribution in [0.15, 0.2) is 38.7 Å². The van der Waals surface area contributed by atoms with Crippen molar-refractivity contribution >= 4 is 33.7 Å². The highest BCUT2D eigenvalue weighted by Crippen LogP contribution is 2.22. The van der Waals surface area contributed by atoms with Gasteiger partial charge in [-0.05, 0) is 24.7 Å². The zero-order chi connectivity index (χ0) is 17.1. The molecule has 0 spiro atoms. The van der Waals surface area contributed by atoms with Crippen molar-refractivity contribution in [3.63, 3.8) is 0 Å². The third-order valence-corrected chi connectivity index (χ3v) is 4.79. The summed E-state index contributed by atoms with van der Waals surface area (Å²) in [4.78, 5) is 0.0708. The van der Waals surface area contributed by atoms with Gasteiger partial charge in [0.2, 0.25) is 0 Å². The Balaban J connectivity index is 2.34. The molecule has 0 fully saturated rings. The van der Waals surface area contributed by atoms with Gasteiger partial charge in [-0.15, -0.1) is 4.40 Å². The van der Waals surface area contributed by atoms with Gasteiger partial charge in [0, 0.05) is 16.7 Å². The largest absolute Gasteiger partial charge is 0.310 e. The SMILES string of the molecule is CCNC/C(=N\S(=O)(=O)c1cccc(Cl)c1)N1CC(C)(C)C=N1. The first-order valence-corrected chi connectivity index (χ1v) is 9.18. The van der Waals surface area contributed by atoms with Crippen molar-refractivity contribution in [2.24, 2.45) is 14.9 Å². The van der Waals surface area contributed by atoms with E-state index in [0.29, 0.717) is 30.5 Å². The second kappa shape index (κ2) is 6.98. The Bertz CT molecular complexity index is 729. The highest BCUT2D eigenvalue weighted by atomic mass is 35.5. The van der Waals surface area contributed by atoms with Gasteiger partial charge in [-0.3, -0.25) is 0 Å². The van der Waals surface area contributed by atoms with Crippen molar-refractivity contribution in [2.45, 2.75) is 25.7 Å². The quantitative estimate of drug-likeness (QED) is 0.649.